The molecule has 0 saturated carbocycles. The van der Waals surface area contributed by atoms with Crippen LogP contribution < -0.4 is 5.32 Å². The van der Waals surface area contributed by atoms with Crippen LogP contribution in [0.4, 0.5) is 4.39 Å². The molecule has 2 N–H and O–H groups in total. The Balaban J connectivity index is 2.02. The van der Waals surface area contributed by atoms with E-state index >= 15 is 0 Å². The molecule has 2 aromatic carbocycles. The summed E-state index contributed by atoms with van der Waals surface area (Å²) in [4.78, 5) is 0. The molecule has 19 heavy (non-hydrogen) atoms. The Morgan fingerprint density at radius 3 is 2.68 bits per heavy atom. The minimum Gasteiger partial charge on any atom is -0.505 e. The number of benzene rings is 2. The first-order valence-corrected chi connectivity index (χ1v) is 6.82. The van der Waals surface area contributed by atoms with Crippen molar-refractivity contribution in [2.24, 2.45) is 0 Å². The van der Waals surface area contributed by atoms with Crippen LogP contribution in [-0.4, -0.2) is 5.11 Å². The molecule has 2 nitrogen and oxygen atoms in total. The van der Waals surface area contributed by atoms with Gasteiger partial charge in [-0.15, -0.1) is 0 Å². The van der Waals surface area contributed by atoms with Gasteiger partial charge in [0.05, 0.1) is 0 Å². The number of hydrogen-bond donors (Lipinski definition) is 2. The largest absolute Gasteiger partial charge is 0.505 e. The second kappa shape index (κ2) is 6.17. The van der Waals surface area contributed by atoms with E-state index in [2.05, 4.69) is 28.2 Å². The number of phenolic OH excluding ortho intramolecular Hbond substituents is 1. The first kappa shape index (κ1) is 14.0. The average molecular weight is 324 g/mol. The van der Waals surface area contributed by atoms with Crippen LogP contribution in [0, 0.1) is 5.82 Å². The van der Waals surface area contributed by atoms with E-state index < -0.39 is 5.82 Å². The maximum absolute atomic E-state index is 13.2. The van der Waals surface area contributed by atoms with Crippen LogP contribution in [-0.2, 0) is 6.54 Å². The zero-order chi connectivity index (χ0) is 13.8. The molecule has 100 valence electrons. The first-order chi connectivity index (χ1) is 9.08. The molecule has 4 heteroatoms. The number of hydrogen-bond acceptors (Lipinski definition) is 2. The highest BCUT2D eigenvalue weighted by Gasteiger charge is 2.08. The van der Waals surface area contributed by atoms with E-state index in [4.69, 9.17) is 5.11 Å². The van der Waals surface area contributed by atoms with Crippen LogP contribution in [0.5, 0.6) is 5.75 Å². The Kier molecular flexibility index (Phi) is 4.56. The summed E-state index contributed by atoms with van der Waals surface area (Å²) in [5.41, 5.74) is 1.95. The fraction of sp³-hybridized carbons (Fsp3) is 0.200. The fourth-order valence-corrected chi connectivity index (χ4v) is 2.50. The smallest absolute Gasteiger partial charge is 0.165 e. The molecule has 1 atom stereocenters. The van der Waals surface area contributed by atoms with Crippen LogP contribution in [0.15, 0.2) is 46.9 Å². The van der Waals surface area contributed by atoms with Crippen molar-refractivity contribution in [2.45, 2.75) is 19.5 Å². The lowest BCUT2D eigenvalue weighted by molar-refractivity contribution is 0.431. The molecule has 0 aliphatic carbocycles. The second-order valence-corrected chi connectivity index (χ2v) is 5.26. The van der Waals surface area contributed by atoms with Gasteiger partial charge in [0.15, 0.2) is 11.6 Å². The number of aromatic hydroxyl groups is 1. The van der Waals surface area contributed by atoms with E-state index in [0.29, 0.717) is 6.54 Å². The molecule has 2 aromatic rings. The molecule has 0 unspecified atom stereocenters. The highest BCUT2D eigenvalue weighted by Crippen LogP contribution is 2.23. The molecular formula is C15H15BrFNO. The molecule has 0 bridgehead atoms. The van der Waals surface area contributed by atoms with Gasteiger partial charge in [-0.25, -0.2) is 4.39 Å². The summed E-state index contributed by atoms with van der Waals surface area (Å²) >= 11 is 3.51. The van der Waals surface area contributed by atoms with Gasteiger partial charge in [-0.05, 0) is 36.2 Å². The Morgan fingerprint density at radius 2 is 2.00 bits per heavy atom. The molecule has 0 saturated heterocycles. The summed E-state index contributed by atoms with van der Waals surface area (Å²) in [6, 6.07) is 12.6. The van der Waals surface area contributed by atoms with Gasteiger partial charge in [0.2, 0.25) is 0 Å². The molecule has 0 radical (unpaired) electrons. The van der Waals surface area contributed by atoms with Crippen LogP contribution in [0.1, 0.15) is 24.1 Å². The number of rotatable bonds is 4. The fourth-order valence-electron chi connectivity index (χ4n) is 1.87. The van der Waals surface area contributed by atoms with Crippen molar-refractivity contribution < 1.29 is 9.50 Å². The molecule has 0 spiro atoms. The van der Waals surface area contributed by atoms with E-state index in [-0.39, 0.29) is 11.8 Å². The van der Waals surface area contributed by atoms with E-state index in [0.717, 1.165) is 15.6 Å². The monoisotopic (exact) mass is 323 g/mol. The second-order valence-electron chi connectivity index (χ2n) is 4.41. The van der Waals surface area contributed by atoms with Crippen LogP contribution in [0.2, 0.25) is 0 Å². The van der Waals surface area contributed by atoms with Gasteiger partial charge < -0.3 is 10.4 Å². The van der Waals surface area contributed by atoms with E-state index in [1.165, 1.54) is 12.1 Å². The van der Waals surface area contributed by atoms with Gasteiger partial charge in [-0.1, -0.05) is 40.2 Å². The van der Waals surface area contributed by atoms with Crippen molar-refractivity contribution in [2.75, 3.05) is 0 Å². The summed E-state index contributed by atoms with van der Waals surface area (Å²) in [5, 5.41) is 12.5. The van der Waals surface area contributed by atoms with Gasteiger partial charge in [-0.2, -0.15) is 0 Å². The Bertz CT molecular complexity index is 574. The highest BCUT2D eigenvalue weighted by molar-refractivity contribution is 9.10. The lowest BCUT2D eigenvalue weighted by Gasteiger charge is -2.16. The summed E-state index contributed by atoms with van der Waals surface area (Å²) in [6.07, 6.45) is 0. The highest BCUT2D eigenvalue weighted by atomic mass is 79.9. The van der Waals surface area contributed by atoms with Crippen molar-refractivity contribution in [1.29, 1.82) is 0 Å². The SMILES string of the molecule is C[C@H](NCc1ccc(O)c(F)c1)c1ccccc1Br. The number of nitrogens with one attached hydrogen (secondary N) is 1. The van der Waals surface area contributed by atoms with E-state index in [1.807, 2.05) is 24.3 Å². The number of halogens is 2. The van der Waals surface area contributed by atoms with Crippen molar-refractivity contribution in [3.8, 4) is 5.75 Å². The van der Waals surface area contributed by atoms with Crippen molar-refractivity contribution in [3.05, 3.63) is 63.9 Å². The van der Waals surface area contributed by atoms with E-state index in [1.54, 1.807) is 6.07 Å². The van der Waals surface area contributed by atoms with Crippen LogP contribution in [0.3, 0.4) is 0 Å². The predicted molar refractivity (Wildman–Crippen MR) is 77.5 cm³/mol. The predicted octanol–water partition coefficient (Wildman–Crippen LogP) is 4.14. The Labute approximate surface area is 120 Å². The first-order valence-electron chi connectivity index (χ1n) is 6.03. The molecule has 2 rings (SSSR count). The molecule has 0 aliphatic rings. The zero-order valence-corrected chi connectivity index (χ0v) is 12.1. The summed E-state index contributed by atoms with van der Waals surface area (Å²) < 4.78 is 14.3. The van der Waals surface area contributed by atoms with Gasteiger partial charge in [-0.3, -0.25) is 0 Å². The lowest BCUT2D eigenvalue weighted by atomic mass is 10.1. The van der Waals surface area contributed by atoms with E-state index in [9.17, 15) is 4.39 Å². The lowest BCUT2D eigenvalue weighted by Crippen LogP contribution is -2.18. The molecule has 0 aromatic heterocycles. The zero-order valence-electron chi connectivity index (χ0n) is 10.5. The standard InChI is InChI=1S/C15H15BrFNO/c1-10(12-4-2-3-5-13(12)16)18-9-11-6-7-15(19)14(17)8-11/h2-8,10,18-19H,9H2,1H3/t10-/m0/s1. The summed E-state index contributed by atoms with van der Waals surface area (Å²) in [5.74, 6) is -0.907. The topological polar surface area (TPSA) is 32.3 Å². The molecule has 0 amide bonds. The van der Waals surface area contributed by atoms with Crippen molar-refractivity contribution >= 4 is 15.9 Å². The van der Waals surface area contributed by atoms with Gasteiger partial charge in [0.1, 0.15) is 0 Å². The Morgan fingerprint density at radius 1 is 1.26 bits per heavy atom. The average Bonchev–Trinajstić information content (AvgIpc) is 2.40. The van der Waals surface area contributed by atoms with Gasteiger partial charge in [0.25, 0.3) is 0 Å². The number of phenols is 1. The molecule has 0 aliphatic heterocycles. The van der Waals surface area contributed by atoms with Crippen molar-refractivity contribution in [1.82, 2.24) is 5.32 Å². The third-order valence-electron chi connectivity index (χ3n) is 3.00. The summed E-state index contributed by atoms with van der Waals surface area (Å²) in [7, 11) is 0. The maximum atomic E-state index is 13.2. The van der Waals surface area contributed by atoms with Crippen molar-refractivity contribution in [3.63, 3.8) is 0 Å². The minimum absolute atomic E-state index is 0.146. The maximum Gasteiger partial charge on any atom is 0.165 e. The summed E-state index contributed by atoms with van der Waals surface area (Å²) in [6.45, 7) is 2.59. The van der Waals surface area contributed by atoms with Crippen LogP contribution in [0.25, 0.3) is 0 Å². The molecular weight excluding hydrogens is 309 g/mol. The third-order valence-corrected chi connectivity index (χ3v) is 3.72. The quantitative estimate of drug-likeness (QED) is 0.886. The van der Waals surface area contributed by atoms with Gasteiger partial charge >= 0.3 is 0 Å². The Hall–Kier alpha value is -1.39. The normalized spacial score (nSPS) is 12.4. The molecule has 0 fully saturated rings. The van der Waals surface area contributed by atoms with Crippen LogP contribution >= 0.6 is 15.9 Å². The molecule has 0 heterocycles. The third kappa shape index (κ3) is 3.55. The minimum atomic E-state index is -0.590. The van der Waals surface area contributed by atoms with Gasteiger partial charge in [0, 0.05) is 17.1 Å².